The zero-order valence-electron chi connectivity index (χ0n) is 8.20. The topological polar surface area (TPSA) is 18.5 Å². The molecule has 0 aromatic heterocycles. The van der Waals surface area contributed by atoms with Crippen molar-refractivity contribution < 1.29 is 9.47 Å². The number of benzene rings is 1. The van der Waals surface area contributed by atoms with Gasteiger partial charge in [0.1, 0.15) is 5.75 Å². The lowest BCUT2D eigenvalue weighted by atomic mass is 9.96. The molecular weight excluding hydrogens is 164 g/mol. The van der Waals surface area contributed by atoms with Crippen LogP contribution in [0.4, 0.5) is 0 Å². The van der Waals surface area contributed by atoms with Gasteiger partial charge >= 0.3 is 0 Å². The molecule has 2 heteroatoms. The Bertz CT molecular complexity index is 318. The van der Waals surface area contributed by atoms with Crippen molar-refractivity contribution in [3.8, 4) is 5.75 Å². The van der Waals surface area contributed by atoms with Crippen LogP contribution in [0.5, 0.6) is 5.75 Å². The lowest BCUT2D eigenvalue weighted by Crippen LogP contribution is -2.35. The predicted octanol–water partition coefficient (Wildman–Crippen LogP) is 2.68. The van der Waals surface area contributed by atoms with Gasteiger partial charge in [-0.25, -0.2) is 0 Å². The van der Waals surface area contributed by atoms with Gasteiger partial charge in [0.2, 0.25) is 0 Å². The van der Waals surface area contributed by atoms with Crippen LogP contribution in [0.15, 0.2) is 24.3 Å². The number of ether oxygens (including phenoxy) is 2. The second-order valence-corrected chi connectivity index (χ2v) is 3.81. The highest BCUT2D eigenvalue weighted by Crippen LogP contribution is 2.37. The first-order valence-corrected chi connectivity index (χ1v) is 4.53. The molecule has 0 aliphatic carbocycles. The highest BCUT2D eigenvalue weighted by atomic mass is 16.7. The Hall–Kier alpha value is -1.02. The monoisotopic (exact) mass is 178 g/mol. The summed E-state index contributed by atoms with van der Waals surface area (Å²) >= 11 is 0. The fraction of sp³-hybridized carbons (Fsp3) is 0.455. The lowest BCUT2D eigenvalue weighted by Gasteiger charge is -2.36. The molecule has 1 aromatic carbocycles. The van der Waals surface area contributed by atoms with Crippen LogP contribution in [-0.2, 0) is 10.3 Å². The summed E-state index contributed by atoms with van der Waals surface area (Å²) < 4.78 is 11.2. The Morgan fingerprint density at radius 3 is 2.69 bits per heavy atom. The van der Waals surface area contributed by atoms with E-state index < -0.39 is 0 Å². The third-order valence-corrected chi connectivity index (χ3v) is 2.29. The van der Waals surface area contributed by atoms with Gasteiger partial charge in [-0.15, -0.1) is 0 Å². The first-order chi connectivity index (χ1) is 6.09. The van der Waals surface area contributed by atoms with Crippen molar-refractivity contribution in [1.29, 1.82) is 0 Å². The van der Waals surface area contributed by atoms with E-state index in [1.165, 1.54) is 0 Å². The number of hydrogen-bond acceptors (Lipinski definition) is 2. The minimum atomic E-state index is -0.242. The number of rotatable bonds is 0. The van der Waals surface area contributed by atoms with Crippen molar-refractivity contribution in [2.75, 3.05) is 0 Å². The van der Waals surface area contributed by atoms with Crippen molar-refractivity contribution in [2.45, 2.75) is 32.7 Å². The largest absolute Gasteiger partial charge is 0.465 e. The molecule has 1 aliphatic rings. The highest BCUT2D eigenvalue weighted by molar-refractivity contribution is 5.38. The van der Waals surface area contributed by atoms with Gasteiger partial charge in [-0.05, 0) is 26.8 Å². The zero-order valence-corrected chi connectivity index (χ0v) is 8.20. The summed E-state index contributed by atoms with van der Waals surface area (Å²) in [5, 5.41) is 0. The standard InChI is InChI=1S/C11H14O2/c1-8-12-10-7-5-4-6-9(10)11(2,3)13-8/h4-8H,1-3H3. The van der Waals surface area contributed by atoms with Crippen molar-refractivity contribution >= 4 is 0 Å². The van der Waals surface area contributed by atoms with Gasteiger partial charge in [0.05, 0.1) is 5.60 Å². The summed E-state index contributed by atoms with van der Waals surface area (Å²) in [6.45, 7) is 6.04. The van der Waals surface area contributed by atoms with Gasteiger partial charge in [0.25, 0.3) is 0 Å². The average molecular weight is 178 g/mol. The minimum Gasteiger partial charge on any atom is -0.465 e. The summed E-state index contributed by atoms with van der Waals surface area (Å²) in [5.74, 6) is 0.936. The number of para-hydroxylation sites is 1. The van der Waals surface area contributed by atoms with Crippen LogP contribution in [0.1, 0.15) is 26.3 Å². The molecule has 0 saturated heterocycles. The second kappa shape index (κ2) is 2.74. The summed E-state index contributed by atoms with van der Waals surface area (Å²) in [4.78, 5) is 0. The van der Waals surface area contributed by atoms with Crippen molar-refractivity contribution in [2.24, 2.45) is 0 Å². The van der Waals surface area contributed by atoms with Crippen molar-refractivity contribution in [1.82, 2.24) is 0 Å². The van der Waals surface area contributed by atoms with E-state index >= 15 is 0 Å². The van der Waals surface area contributed by atoms with Gasteiger partial charge < -0.3 is 9.47 Å². The maximum atomic E-state index is 5.68. The molecule has 0 N–H and O–H groups in total. The van der Waals surface area contributed by atoms with E-state index in [0.29, 0.717) is 0 Å². The molecular formula is C11H14O2. The first-order valence-electron chi connectivity index (χ1n) is 4.53. The average Bonchev–Trinajstić information content (AvgIpc) is 2.02. The molecule has 0 bridgehead atoms. The van der Waals surface area contributed by atoms with Crippen LogP contribution in [0.2, 0.25) is 0 Å². The molecule has 2 nitrogen and oxygen atoms in total. The van der Waals surface area contributed by atoms with Gasteiger partial charge in [0, 0.05) is 5.56 Å². The number of hydrogen-bond donors (Lipinski definition) is 0. The van der Waals surface area contributed by atoms with E-state index in [9.17, 15) is 0 Å². The fourth-order valence-electron chi connectivity index (χ4n) is 1.75. The molecule has 70 valence electrons. The van der Waals surface area contributed by atoms with E-state index in [1.807, 2.05) is 31.2 Å². The molecule has 1 heterocycles. The Morgan fingerprint density at radius 1 is 1.23 bits per heavy atom. The van der Waals surface area contributed by atoms with Crippen LogP contribution in [-0.4, -0.2) is 6.29 Å². The molecule has 0 fully saturated rings. The molecule has 2 rings (SSSR count). The molecule has 1 atom stereocenters. The first kappa shape index (κ1) is 8.57. The van der Waals surface area contributed by atoms with Crippen LogP contribution in [0, 0.1) is 0 Å². The molecule has 1 aromatic rings. The van der Waals surface area contributed by atoms with E-state index in [-0.39, 0.29) is 11.9 Å². The van der Waals surface area contributed by atoms with Crippen LogP contribution >= 0.6 is 0 Å². The van der Waals surface area contributed by atoms with E-state index in [4.69, 9.17) is 9.47 Å². The molecule has 0 saturated carbocycles. The predicted molar refractivity (Wildman–Crippen MR) is 50.6 cm³/mol. The Morgan fingerprint density at radius 2 is 1.92 bits per heavy atom. The van der Waals surface area contributed by atoms with Gasteiger partial charge in [-0.3, -0.25) is 0 Å². The fourth-order valence-corrected chi connectivity index (χ4v) is 1.75. The summed E-state index contributed by atoms with van der Waals surface area (Å²) in [7, 11) is 0. The molecule has 1 unspecified atom stereocenters. The smallest absolute Gasteiger partial charge is 0.198 e. The maximum Gasteiger partial charge on any atom is 0.198 e. The summed E-state index contributed by atoms with van der Waals surface area (Å²) in [6.07, 6.45) is -0.162. The lowest BCUT2D eigenvalue weighted by molar-refractivity contribution is -0.172. The van der Waals surface area contributed by atoms with Gasteiger partial charge in [-0.1, -0.05) is 18.2 Å². The molecule has 13 heavy (non-hydrogen) atoms. The van der Waals surface area contributed by atoms with E-state index in [0.717, 1.165) is 11.3 Å². The Balaban J connectivity index is 2.50. The minimum absolute atomic E-state index is 0.162. The third kappa shape index (κ3) is 1.42. The van der Waals surface area contributed by atoms with Gasteiger partial charge in [0.15, 0.2) is 6.29 Å². The summed E-state index contributed by atoms with van der Waals surface area (Å²) in [6, 6.07) is 8.01. The SMILES string of the molecule is CC1Oc2ccccc2C(C)(C)O1. The molecule has 0 amide bonds. The second-order valence-electron chi connectivity index (χ2n) is 3.81. The van der Waals surface area contributed by atoms with Gasteiger partial charge in [-0.2, -0.15) is 0 Å². The van der Waals surface area contributed by atoms with Crippen LogP contribution in [0.3, 0.4) is 0 Å². The van der Waals surface area contributed by atoms with Crippen molar-refractivity contribution in [3.63, 3.8) is 0 Å². The normalized spacial score (nSPS) is 24.7. The molecule has 0 spiro atoms. The van der Waals surface area contributed by atoms with Crippen LogP contribution < -0.4 is 4.74 Å². The van der Waals surface area contributed by atoms with E-state index in [2.05, 4.69) is 13.8 Å². The van der Waals surface area contributed by atoms with Crippen molar-refractivity contribution in [3.05, 3.63) is 29.8 Å². The highest BCUT2D eigenvalue weighted by Gasteiger charge is 2.32. The Labute approximate surface area is 78.5 Å². The van der Waals surface area contributed by atoms with Crippen LogP contribution in [0.25, 0.3) is 0 Å². The zero-order chi connectivity index (χ0) is 9.47. The quantitative estimate of drug-likeness (QED) is 0.608. The van der Waals surface area contributed by atoms with E-state index in [1.54, 1.807) is 0 Å². The summed E-state index contributed by atoms with van der Waals surface area (Å²) in [5.41, 5.74) is 0.877. The third-order valence-electron chi connectivity index (χ3n) is 2.29. The molecule has 1 aliphatic heterocycles. The number of fused-ring (bicyclic) bond motifs is 1. The molecule has 0 radical (unpaired) electrons. The maximum absolute atomic E-state index is 5.68. The Kier molecular flexibility index (Phi) is 1.81.